The average Bonchev–Trinajstić information content (AvgIpc) is 3.37. The van der Waals surface area contributed by atoms with Gasteiger partial charge in [-0.3, -0.25) is 4.79 Å². The summed E-state index contributed by atoms with van der Waals surface area (Å²) in [6.45, 7) is 1.95. The third kappa shape index (κ3) is 6.47. The van der Waals surface area contributed by atoms with Crippen molar-refractivity contribution < 1.29 is 9.53 Å². The van der Waals surface area contributed by atoms with E-state index in [4.69, 9.17) is 9.72 Å². The minimum Gasteiger partial charge on any atom is -0.494 e. The Hall–Kier alpha value is -4.90. The fourth-order valence-corrected chi connectivity index (χ4v) is 5.24. The molecule has 204 valence electrons. The number of fused-ring (bicyclic) bond motifs is 2. The van der Waals surface area contributed by atoms with Crippen LogP contribution < -0.4 is 10.1 Å². The average molecular weight is 540 g/mol. The summed E-state index contributed by atoms with van der Waals surface area (Å²) in [6.07, 6.45) is 1.88. The van der Waals surface area contributed by atoms with Crippen LogP contribution in [0.1, 0.15) is 17.8 Å². The number of imidazole rings is 1. The molecule has 0 fully saturated rings. The Kier molecular flexibility index (Phi) is 8.04. The van der Waals surface area contributed by atoms with Gasteiger partial charge >= 0.3 is 0 Å². The summed E-state index contributed by atoms with van der Waals surface area (Å²) >= 11 is 0. The van der Waals surface area contributed by atoms with E-state index >= 15 is 0 Å². The van der Waals surface area contributed by atoms with Gasteiger partial charge < -0.3 is 14.6 Å². The van der Waals surface area contributed by atoms with E-state index in [0.29, 0.717) is 26.0 Å². The van der Waals surface area contributed by atoms with Crippen LogP contribution in [-0.2, 0) is 24.2 Å². The van der Waals surface area contributed by atoms with Crippen LogP contribution in [0, 0.1) is 0 Å². The molecule has 6 rings (SSSR count). The molecular formula is C36H33N3O2. The van der Waals surface area contributed by atoms with E-state index in [2.05, 4.69) is 64.5 Å². The Morgan fingerprint density at radius 2 is 1.49 bits per heavy atom. The van der Waals surface area contributed by atoms with Crippen LogP contribution in [0.4, 0.5) is 0 Å². The lowest BCUT2D eigenvalue weighted by molar-refractivity contribution is -0.120. The number of aryl methyl sites for hydroxylation is 1. The first-order valence-electron chi connectivity index (χ1n) is 14.2. The molecule has 1 heterocycles. The van der Waals surface area contributed by atoms with E-state index in [1.807, 2.05) is 66.7 Å². The summed E-state index contributed by atoms with van der Waals surface area (Å²) in [5.74, 6) is 1.88. The van der Waals surface area contributed by atoms with Crippen LogP contribution in [-0.4, -0.2) is 28.6 Å². The SMILES string of the molecule is O=C(Cc1ccc(-c2ccccc2)cc1)NCCc1nc2ccccc2n1CCCOc1ccc2ccccc2c1. The van der Waals surface area contributed by atoms with Gasteiger partial charge in [-0.25, -0.2) is 4.98 Å². The lowest BCUT2D eigenvalue weighted by Gasteiger charge is -2.11. The first-order chi connectivity index (χ1) is 20.2. The van der Waals surface area contributed by atoms with Crippen LogP contribution in [0.15, 0.2) is 121 Å². The molecule has 0 aliphatic rings. The van der Waals surface area contributed by atoms with Crippen molar-refractivity contribution in [3.8, 4) is 16.9 Å². The molecule has 1 N–H and O–H groups in total. The van der Waals surface area contributed by atoms with Gasteiger partial charge in [0.1, 0.15) is 11.6 Å². The van der Waals surface area contributed by atoms with Crippen molar-refractivity contribution >= 4 is 27.7 Å². The summed E-state index contributed by atoms with van der Waals surface area (Å²) in [4.78, 5) is 17.6. The summed E-state index contributed by atoms with van der Waals surface area (Å²) in [5.41, 5.74) is 5.41. The van der Waals surface area contributed by atoms with Crippen molar-refractivity contribution in [2.45, 2.75) is 25.8 Å². The molecule has 5 aromatic carbocycles. The lowest BCUT2D eigenvalue weighted by atomic mass is 10.0. The fraction of sp³-hybridized carbons (Fsp3) is 0.167. The van der Waals surface area contributed by atoms with Gasteiger partial charge in [0, 0.05) is 19.5 Å². The van der Waals surface area contributed by atoms with Gasteiger partial charge in [-0.15, -0.1) is 0 Å². The first kappa shape index (κ1) is 26.3. The van der Waals surface area contributed by atoms with Gasteiger partial charge in [-0.1, -0.05) is 97.1 Å². The molecule has 0 spiro atoms. The van der Waals surface area contributed by atoms with Crippen molar-refractivity contribution in [1.29, 1.82) is 0 Å². The maximum Gasteiger partial charge on any atom is 0.224 e. The predicted octanol–water partition coefficient (Wildman–Crippen LogP) is 7.23. The van der Waals surface area contributed by atoms with Gasteiger partial charge in [0.15, 0.2) is 0 Å². The summed E-state index contributed by atoms with van der Waals surface area (Å²) in [5, 5.41) is 5.47. The Bertz CT molecular complexity index is 1760. The number of amides is 1. The Morgan fingerprint density at radius 3 is 2.34 bits per heavy atom. The Balaban J connectivity index is 1.03. The quantitative estimate of drug-likeness (QED) is 0.177. The molecule has 0 radical (unpaired) electrons. The lowest BCUT2D eigenvalue weighted by Crippen LogP contribution is -2.28. The zero-order chi connectivity index (χ0) is 27.9. The van der Waals surface area contributed by atoms with Crippen LogP contribution in [0.2, 0.25) is 0 Å². The molecule has 0 aliphatic carbocycles. The minimum atomic E-state index is 0.0175. The predicted molar refractivity (Wildman–Crippen MR) is 166 cm³/mol. The van der Waals surface area contributed by atoms with E-state index in [9.17, 15) is 4.79 Å². The summed E-state index contributed by atoms with van der Waals surface area (Å²) in [7, 11) is 0. The summed E-state index contributed by atoms with van der Waals surface area (Å²) < 4.78 is 8.33. The number of nitrogens with one attached hydrogen (secondary N) is 1. The van der Waals surface area contributed by atoms with E-state index in [1.54, 1.807) is 0 Å². The van der Waals surface area contributed by atoms with E-state index in [1.165, 1.54) is 16.3 Å². The number of carbonyl (C=O) groups excluding carboxylic acids is 1. The van der Waals surface area contributed by atoms with Crippen LogP contribution in [0.3, 0.4) is 0 Å². The standard InChI is InChI=1S/C36H33N3O2/c40-36(25-27-15-17-30(18-16-27)28-9-2-1-3-10-28)37-22-21-35-38-33-13-6-7-14-34(33)39(35)23-8-24-41-32-20-19-29-11-4-5-12-31(29)26-32/h1-7,9-20,26H,8,21-25H2,(H,37,40). The minimum absolute atomic E-state index is 0.0175. The molecule has 0 saturated heterocycles. The zero-order valence-corrected chi connectivity index (χ0v) is 23.0. The number of para-hydroxylation sites is 2. The van der Waals surface area contributed by atoms with E-state index in [0.717, 1.165) is 46.7 Å². The van der Waals surface area contributed by atoms with E-state index in [-0.39, 0.29) is 5.91 Å². The van der Waals surface area contributed by atoms with Gasteiger partial charge in [0.2, 0.25) is 5.91 Å². The van der Waals surface area contributed by atoms with Crippen molar-refractivity contribution in [2.24, 2.45) is 0 Å². The molecular weight excluding hydrogens is 506 g/mol. The van der Waals surface area contributed by atoms with Crippen molar-refractivity contribution in [1.82, 2.24) is 14.9 Å². The van der Waals surface area contributed by atoms with Gasteiger partial charge in [-0.2, -0.15) is 0 Å². The van der Waals surface area contributed by atoms with Gasteiger partial charge in [0.25, 0.3) is 0 Å². The van der Waals surface area contributed by atoms with Crippen molar-refractivity contribution in [2.75, 3.05) is 13.2 Å². The van der Waals surface area contributed by atoms with Crippen LogP contribution in [0.25, 0.3) is 32.9 Å². The molecule has 0 unspecified atom stereocenters. The van der Waals surface area contributed by atoms with Gasteiger partial charge in [-0.05, 0) is 58.1 Å². The highest BCUT2D eigenvalue weighted by molar-refractivity contribution is 5.83. The maximum absolute atomic E-state index is 12.7. The van der Waals surface area contributed by atoms with Gasteiger partial charge in [0.05, 0.1) is 24.1 Å². The molecule has 6 aromatic rings. The fourth-order valence-electron chi connectivity index (χ4n) is 5.24. The molecule has 5 heteroatoms. The number of carbonyl (C=O) groups is 1. The Labute approximate surface area is 240 Å². The zero-order valence-electron chi connectivity index (χ0n) is 23.0. The van der Waals surface area contributed by atoms with Crippen LogP contribution >= 0.6 is 0 Å². The second-order valence-corrected chi connectivity index (χ2v) is 10.2. The number of hydrogen-bond donors (Lipinski definition) is 1. The molecule has 5 nitrogen and oxygen atoms in total. The molecule has 1 aromatic heterocycles. The topological polar surface area (TPSA) is 56.2 Å². The number of ether oxygens (including phenoxy) is 1. The second kappa shape index (κ2) is 12.5. The largest absolute Gasteiger partial charge is 0.494 e. The molecule has 0 bridgehead atoms. The smallest absolute Gasteiger partial charge is 0.224 e. The highest BCUT2D eigenvalue weighted by atomic mass is 16.5. The van der Waals surface area contributed by atoms with E-state index < -0.39 is 0 Å². The van der Waals surface area contributed by atoms with Crippen molar-refractivity contribution in [3.63, 3.8) is 0 Å². The molecule has 41 heavy (non-hydrogen) atoms. The highest BCUT2D eigenvalue weighted by Crippen LogP contribution is 2.22. The van der Waals surface area contributed by atoms with Crippen LogP contribution in [0.5, 0.6) is 5.75 Å². The molecule has 0 saturated carbocycles. The first-order valence-corrected chi connectivity index (χ1v) is 14.2. The third-order valence-corrected chi connectivity index (χ3v) is 7.35. The second-order valence-electron chi connectivity index (χ2n) is 10.2. The molecule has 0 aliphatic heterocycles. The Morgan fingerprint density at radius 1 is 0.756 bits per heavy atom. The highest BCUT2D eigenvalue weighted by Gasteiger charge is 2.11. The third-order valence-electron chi connectivity index (χ3n) is 7.35. The number of rotatable bonds is 11. The number of aromatic nitrogens is 2. The maximum atomic E-state index is 12.7. The monoisotopic (exact) mass is 539 g/mol. The molecule has 0 atom stereocenters. The number of nitrogens with zero attached hydrogens (tertiary/aromatic N) is 2. The summed E-state index contributed by atoms with van der Waals surface area (Å²) in [6, 6.07) is 41.2. The number of benzene rings is 5. The van der Waals surface area contributed by atoms with Crippen molar-refractivity contribution in [3.05, 3.63) is 133 Å². The normalized spacial score (nSPS) is 11.1. The molecule has 1 amide bonds. The number of hydrogen-bond acceptors (Lipinski definition) is 3.